The van der Waals surface area contributed by atoms with Gasteiger partial charge in [0.05, 0.1) is 17.6 Å². The zero-order chi connectivity index (χ0) is 27.0. The molecule has 9 heteroatoms. The number of piperazine rings is 1. The molecule has 3 N–H and O–H groups in total. The number of imidazole rings is 1. The standard InChI is InChI=1S/C29H35N7O2/c1-5-6-26-33-27-22(28(30)37)14-21(20-7-8-25(31-16-20)35-11-9-34(4)10-12-35)15-24(27)36(26)17-23-18(2)13-19(3)32-29(23)38/h7-8,13-16H,5-6,9-12,17H2,1-4H3,(H2,30,37)(H,32,38). The summed E-state index contributed by atoms with van der Waals surface area (Å²) in [6.45, 7) is 10.2. The number of carbonyl (C=O) groups is 1. The SMILES string of the molecule is CCCc1nc2c(C(N)=O)cc(-c3ccc(N4CCN(C)CC4)nc3)cc2n1Cc1c(C)cc(C)[nH]c1=O. The minimum Gasteiger partial charge on any atom is -0.366 e. The average molecular weight is 514 g/mol. The highest BCUT2D eigenvalue weighted by Gasteiger charge is 2.21. The maximum absolute atomic E-state index is 12.9. The molecule has 38 heavy (non-hydrogen) atoms. The van der Waals surface area contributed by atoms with Gasteiger partial charge in [-0.1, -0.05) is 6.92 Å². The molecule has 1 fully saturated rings. The first-order valence-electron chi connectivity index (χ1n) is 13.2. The Morgan fingerprint density at radius 2 is 1.84 bits per heavy atom. The molecule has 1 aliphatic heterocycles. The predicted octanol–water partition coefficient (Wildman–Crippen LogP) is 3.25. The van der Waals surface area contributed by atoms with Gasteiger partial charge in [0.15, 0.2) is 0 Å². The Kier molecular flexibility index (Phi) is 7.03. The third-order valence-electron chi connectivity index (χ3n) is 7.39. The number of H-pyrrole nitrogens is 1. The summed E-state index contributed by atoms with van der Waals surface area (Å²) in [5.41, 5.74) is 11.6. The predicted molar refractivity (Wildman–Crippen MR) is 151 cm³/mol. The van der Waals surface area contributed by atoms with E-state index in [4.69, 9.17) is 15.7 Å². The molecule has 198 valence electrons. The van der Waals surface area contributed by atoms with Gasteiger partial charge in [-0.2, -0.15) is 0 Å². The van der Waals surface area contributed by atoms with Crippen LogP contribution in [-0.4, -0.2) is 63.6 Å². The Morgan fingerprint density at radius 1 is 1.08 bits per heavy atom. The van der Waals surface area contributed by atoms with Crippen molar-refractivity contribution in [1.82, 2.24) is 24.4 Å². The maximum Gasteiger partial charge on any atom is 0.253 e. The first kappa shape index (κ1) is 25.7. The van der Waals surface area contributed by atoms with Gasteiger partial charge in [0.1, 0.15) is 17.2 Å². The van der Waals surface area contributed by atoms with E-state index in [1.165, 1.54) is 0 Å². The van der Waals surface area contributed by atoms with Crippen LogP contribution in [0.3, 0.4) is 0 Å². The van der Waals surface area contributed by atoms with E-state index in [2.05, 4.69) is 28.8 Å². The first-order chi connectivity index (χ1) is 18.2. The largest absolute Gasteiger partial charge is 0.366 e. The van der Waals surface area contributed by atoms with Gasteiger partial charge >= 0.3 is 0 Å². The second-order valence-corrected chi connectivity index (χ2v) is 10.3. The van der Waals surface area contributed by atoms with Crippen LogP contribution in [0.4, 0.5) is 5.82 Å². The van der Waals surface area contributed by atoms with Gasteiger partial charge in [0, 0.05) is 55.6 Å². The summed E-state index contributed by atoms with van der Waals surface area (Å²) in [5, 5.41) is 0. The minimum atomic E-state index is -0.532. The second kappa shape index (κ2) is 10.4. The van der Waals surface area contributed by atoms with Gasteiger partial charge in [-0.3, -0.25) is 9.59 Å². The number of aromatic amines is 1. The summed E-state index contributed by atoms with van der Waals surface area (Å²) in [7, 11) is 2.13. The number of rotatable bonds is 7. The van der Waals surface area contributed by atoms with Crippen molar-refractivity contribution in [3.63, 3.8) is 0 Å². The van der Waals surface area contributed by atoms with E-state index in [0.717, 1.165) is 72.1 Å². The van der Waals surface area contributed by atoms with Crippen LogP contribution in [0.5, 0.6) is 0 Å². The number of likely N-dealkylation sites (N-methyl/N-ethyl adjacent to an activating group) is 1. The minimum absolute atomic E-state index is 0.109. The molecule has 5 rings (SSSR count). The zero-order valence-electron chi connectivity index (χ0n) is 22.5. The number of pyridine rings is 2. The lowest BCUT2D eigenvalue weighted by molar-refractivity contribution is 0.100. The molecular formula is C29H35N7O2. The molecule has 0 bridgehead atoms. The van der Waals surface area contributed by atoms with E-state index in [9.17, 15) is 9.59 Å². The number of hydrogen-bond acceptors (Lipinski definition) is 6. The van der Waals surface area contributed by atoms with Gasteiger partial charge < -0.3 is 25.1 Å². The summed E-state index contributed by atoms with van der Waals surface area (Å²) < 4.78 is 2.05. The quantitative estimate of drug-likeness (QED) is 0.392. The van der Waals surface area contributed by atoms with E-state index in [1.54, 1.807) is 6.07 Å². The highest BCUT2D eigenvalue weighted by molar-refractivity contribution is 6.06. The number of anilines is 1. The van der Waals surface area contributed by atoms with Crippen molar-refractivity contribution in [2.75, 3.05) is 38.1 Å². The molecule has 0 unspecified atom stereocenters. The molecule has 9 nitrogen and oxygen atoms in total. The van der Waals surface area contributed by atoms with E-state index >= 15 is 0 Å². The number of primary amides is 1. The molecule has 4 heterocycles. The Morgan fingerprint density at radius 3 is 2.47 bits per heavy atom. The number of nitrogens with two attached hydrogens (primary N) is 1. The fourth-order valence-corrected chi connectivity index (χ4v) is 5.23. The zero-order valence-corrected chi connectivity index (χ0v) is 22.5. The molecule has 0 radical (unpaired) electrons. The Balaban J connectivity index is 1.61. The molecule has 0 saturated carbocycles. The number of nitrogens with zero attached hydrogens (tertiary/aromatic N) is 5. The monoisotopic (exact) mass is 513 g/mol. The van der Waals surface area contributed by atoms with Crippen molar-refractivity contribution in [2.24, 2.45) is 5.73 Å². The van der Waals surface area contributed by atoms with Crippen LogP contribution in [0.1, 0.15) is 46.3 Å². The Hall–Kier alpha value is -3.98. The van der Waals surface area contributed by atoms with Crippen LogP contribution < -0.4 is 16.2 Å². The van der Waals surface area contributed by atoms with Crippen molar-refractivity contribution in [3.05, 3.63) is 75.1 Å². The third-order valence-corrected chi connectivity index (χ3v) is 7.39. The van der Waals surface area contributed by atoms with Crippen molar-refractivity contribution >= 4 is 22.8 Å². The van der Waals surface area contributed by atoms with Crippen LogP contribution >= 0.6 is 0 Å². The molecule has 3 aromatic heterocycles. The molecule has 1 aliphatic rings. The lowest BCUT2D eigenvalue weighted by Crippen LogP contribution is -2.44. The molecule has 0 aliphatic carbocycles. The van der Waals surface area contributed by atoms with Gasteiger partial charge in [-0.25, -0.2) is 9.97 Å². The molecule has 1 saturated heterocycles. The van der Waals surface area contributed by atoms with Crippen molar-refractivity contribution in [2.45, 2.75) is 40.2 Å². The smallest absolute Gasteiger partial charge is 0.253 e. The average Bonchev–Trinajstić information content (AvgIpc) is 3.23. The van der Waals surface area contributed by atoms with Gasteiger partial charge in [0.2, 0.25) is 0 Å². The van der Waals surface area contributed by atoms with Crippen LogP contribution in [0, 0.1) is 13.8 Å². The van der Waals surface area contributed by atoms with Crippen LogP contribution in [-0.2, 0) is 13.0 Å². The first-order valence-corrected chi connectivity index (χ1v) is 13.2. The lowest BCUT2D eigenvalue weighted by Gasteiger charge is -2.33. The number of aromatic nitrogens is 4. The number of nitrogens with one attached hydrogen (secondary N) is 1. The molecular weight excluding hydrogens is 478 g/mol. The number of carbonyl (C=O) groups excluding carboxylic acids is 1. The van der Waals surface area contributed by atoms with Crippen molar-refractivity contribution < 1.29 is 4.79 Å². The highest BCUT2D eigenvalue weighted by atomic mass is 16.1. The Bertz CT molecular complexity index is 1540. The number of benzene rings is 1. The van der Waals surface area contributed by atoms with Crippen LogP contribution in [0.15, 0.2) is 41.3 Å². The van der Waals surface area contributed by atoms with E-state index < -0.39 is 5.91 Å². The number of amides is 1. The van der Waals surface area contributed by atoms with Crippen LogP contribution in [0.2, 0.25) is 0 Å². The fourth-order valence-electron chi connectivity index (χ4n) is 5.23. The molecule has 4 aromatic rings. The summed E-state index contributed by atoms with van der Waals surface area (Å²) in [6.07, 6.45) is 3.44. The summed E-state index contributed by atoms with van der Waals surface area (Å²) in [5.74, 6) is 1.24. The summed E-state index contributed by atoms with van der Waals surface area (Å²) in [6, 6.07) is 9.87. The van der Waals surface area contributed by atoms with Crippen LogP contribution in [0.25, 0.3) is 22.2 Å². The van der Waals surface area contributed by atoms with E-state index in [0.29, 0.717) is 29.6 Å². The second-order valence-electron chi connectivity index (χ2n) is 10.3. The highest BCUT2D eigenvalue weighted by Crippen LogP contribution is 2.30. The summed E-state index contributed by atoms with van der Waals surface area (Å²) >= 11 is 0. The molecule has 0 spiro atoms. The van der Waals surface area contributed by atoms with E-state index in [-0.39, 0.29) is 5.56 Å². The van der Waals surface area contributed by atoms with Gasteiger partial charge in [-0.15, -0.1) is 0 Å². The topological polar surface area (TPSA) is 113 Å². The lowest BCUT2D eigenvalue weighted by atomic mass is 10.0. The summed E-state index contributed by atoms with van der Waals surface area (Å²) in [4.78, 5) is 42.5. The molecule has 0 atom stereocenters. The Labute approximate surface area is 222 Å². The number of aryl methyl sites for hydroxylation is 3. The fraction of sp³-hybridized carbons (Fsp3) is 0.379. The van der Waals surface area contributed by atoms with Gasteiger partial charge in [-0.05, 0) is 68.8 Å². The normalized spacial score (nSPS) is 14.4. The van der Waals surface area contributed by atoms with Crippen molar-refractivity contribution in [3.8, 4) is 11.1 Å². The third kappa shape index (κ3) is 4.93. The molecule has 1 aromatic carbocycles. The molecule has 1 amide bonds. The maximum atomic E-state index is 12.9. The number of hydrogen-bond donors (Lipinski definition) is 2. The van der Waals surface area contributed by atoms with Gasteiger partial charge in [0.25, 0.3) is 11.5 Å². The van der Waals surface area contributed by atoms with Crippen molar-refractivity contribution in [1.29, 1.82) is 0 Å². The van der Waals surface area contributed by atoms with E-state index in [1.807, 2.05) is 48.9 Å². The number of fused-ring (bicyclic) bond motifs is 1.